The summed E-state index contributed by atoms with van der Waals surface area (Å²) in [6.07, 6.45) is 8.36. The Morgan fingerprint density at radius 3 is 2.83 bits per heavy atom. The molecule has 1 aliphatic rings. The van der Waals surface area contributed by atoms with Gasteiger partial charge in [0.05, 0.1) is 4.90 Å². The maximum absolute atomic E-state index is 12.2. The molecule has 4 heteroatoms. The molecule has 0 aromatic heterocycles. The number of nitrogens with one attached hydrogen (secondary N) is 1. The van der Waals surface area contributed by atoms with Crippen LogP contribution >= 0.6 is 0 Å². The van der Waals surface area contributed by atoms with E-state index >= 15 is 0 Å². The second kappa shape index (κ2) is 5.40. The summed E-state index contributed by atoms with van der Waals surface area (Å²) in [5.74, 6) is 0. The zero-order chi connectivity index (χ0) is 13.0. The fourth-order valence-corrected chi connectivity index (χ4v) is 2.98. The largest absolute Gasteiger partial charge is 0.280 e. The van der Waals surface area contributed by atoms with Gasteiger partial charge in [-0.05, 0) is 43.0 Å². The highest BCUT2D eigenvalue weighted by Crippen LogP contribution is 2.15. The van der Waals surface area contributed by atoms with Crippen LogP contribution in [-0.4, -0.2) is 8.42 Å². The van der Waals surface area contributed by atoms with Gasteiger partial charge in [0.25, 0.3) is 10.0 Å². The van der Waals surface area contributed by atoms with Crippen molar-refractivity contribution in [3.63, 3.8) is 0 Å². The number of sulfonamides is 1. The van der Waals surface area contributed by atoms with Crippen molar-refractivity contribution in [2.75, 3.05) is 0 Å². The van der Waals surface area contributed by atoms with E-state index in [1.54, 1.807) is 18.2 Å². The molecule has 2 rings (SSSR count). The Bertz CT molecular complexity index is 591. The first-order chi connectivity index (χ1) is 8.62. The standard InChI is InChI=1S/C14H17NO2S.H2/c1-2-12-7-6-10-14(11-12)18(16,17)15-13-8-4-3-5-9-13;/h4,6-11,15H,2-3,5H2,1H3;1H. The summed E-state index contributed by atoms with van der Waals surface area (Å²) in [5, 5.41) is 0. The molecule has 0 spiro atoms. The molecule has 98 valence electrons. The van der Waals surface area contributed by atoms with E-state index in [-0.39, 0.29) is 1.43 Å². The van der Waals surface area contributed by atoms with Gasteiger partial charge in [-0.15, -0.1) is 0 Å². The van der Waals surface area contributed by atoms with Crippen LogP contribution in [0.25, 0.3) is 0 Å². The molecule has 1 aromatic rings. The fraction of sp³-hybridized carbons (Fsp3) is 0.286. The van der Waals surface area contributed by atoms with E-state index in [1.807, 2.05) is 31.2 Å². The summed E-state index contributed by atoms with van der Waals surface area (Å²) in [7, 11) is -3.46. The third-order valence-corrected chi connectivity index (χ3v) is 4.24. The molecular weight excluding hydrogens is 246 g/mol. The van der Waals surface area contributed by atoms with Gasteiger partial charge in [-0.2, -0.15) is 0 Å². The Labute approximate surface area is 110 Å². The van der Waals surface area contributed by atoms with Crippen LogP contribution in [0.1, 0.15) is 26.8 Å². The van der Waals surface area contributed by atoms with Gasteiger partial charge >= 0.3 is 0 Å². The van der Waals surface area contributed by atoms with E-state index in [9.17, 15) is 8.42 Å². The van der Waals surface area contributed by atoms with Crippen LogP contribution in [-0.2, 0) is 16.4 Å². The van der Waals surface area contributed by atoms with E-state index in [2.05, 4.69) is 4.72 Å². The van der Waals surface area contributed by atoms with E-state index in [0.717, 1.165) is 24.8 Å². The van der Waals surface area contributed by atoms with Gasteiger partial charge < -0.3 is 0 Å². The Morgan fingerprint density at radius 2 is 2.17 bits per heavy atom. The van der Waals surface area contributed by atoms with Crippen molar-refractivity contribution in [1.29, 1.82) is 0 Å². The molecule has 0 fully saturated rings. The quantitative estimate of drug-likeness (QED) is 0.909. The van der Waals surface area contributed by atoms with Crippen molar-refractivity contribution in [3.05, 3.63) is 53.8 Å². The number of hydrogen-bond acceptors (Lipinski definition) is 2. The molecule has 0 aliphatic heterocycles. The smallest absolute Gasteiger partial charge is 0.261 e. The minimum Gasteiger partial charge on any atom is -0.280 e. The molecule has 0 bridgehead atoms. The highest BCUT2D eigenvalue weighted by Gasteiger charge is 2.15. The summed E-state index contributed by atoms with van der Waals surface area (Å²) in [6, 6.07) is 7.04. The van der Waals surface area contributed by atoms with Crippen molar-refractivity contribution >= 4 is 10.0 Å². The van der Waals surface area contributed by atoms with Gasteiger partial charge in [-0.3, -0.25) is 4.72 Å². The maximum atomic E-state index is 12.2. The highest BCUT2D eigenvalue weighted by molar-refractivity contribution is 7.89. The minimum atomic E-state index is -3.46. The van der Waals surface area contributed by atoms with Crippen LogP contribution in [0.2, 0.25) is 0 Å². The average molecular weight is 265 g/mol. The third-order valence-electron chi connectivity index (χ3n) is 2.86. The van der Waals surface area contributed by atoms with Gasteiger partial charge in [0.15, 0.2) is 0 Å². The molecule has 0 unspecified atom stereocenters. The predicted molar refractivity (Wildman–Crippen MR) is 74.7 cm³/mol. The number of rotatable bonds is 4. The lowest BCUT2D eigenvalue weighted by Gasteiger charge is -2.11. The topological polar surface area (TPSA) is 46.2 Å². The Balaban J connectivity index is 0.00000180. The predicted octanol–water partition coefficient (Wildman–Crippen LogP) is 3.01. The van der Waals surface area contributed by atoms with Gasteiger partial charge in [-0.1, -0.05) is 31.2 Å². The molecule has 3 nitrogen and oxygen atoms in total. The van der Waals surface area contributed by atoms with E-state index < -0.39 is 10.0 Å². The molecule has 1 aliphatic carbocycles. The zero-order valence-corrected chi connectivity index (χ0v) is 11.2. The van der Waals surface area contributed by atoms with Gasteiger partial charge in [0, 0.05) is 7.12 Å². The highest BCUT2D eigenvalue weighted by atomic mass is 32.2. The fourth-order valence-electron chi connectivity index (χ4n) is 1.84. The van der Waals surface area contributed by atoms with E-state index in [0.29, 0.717) is 10.6 Å². The molecule has 0 saturated carbocycles. The van der Waals surface area contributed by atoms with Gasteiger partial charge in [0.1, 0.15) is 0 Å². The molecule has 0 saturated heterocycles. The second-order valence-corrected chi connectivity index (χ2v) is 5.93. The van der Waals surface area contributed by atoms with Crippen molar-refractivity contribution in [3.8, 4) is 0 Å². The first-order valence-electron chi connectivity index (χ1n) is 6.10. The van der Waals surface area contributed by atoms with E-state index in [1.165, 1.54) is 0 Å². The van der Waals surface area contributed by atoms with Crippen LogP contribution in [0.15, 0.2) is 53.1 Å². The normalized spacial score (nSPS) is 15.3. The Hall–Kier alpha value is -1.55. The average Bonchev–Trinajstić information content (AvgIpc) is 2.39. The molecule has 0 atom stereocenters. The number of hydrogen-bond donors (Lipinski definition) is 1. The lowest BCUT2D eigenvalue weighted by Crippen LogP contribution is -2.23. The van der Waals surface area contributed by atoms with Crippen LogP contribution in [0.4, 0.5) is 0 Å². The monoisotopic (exact) mass is 265 g/mol. The second-order valence-electron chi connectivity index (χ2n) is 4.25. The molecule has 0 heterocycles. The molecule has 18 heavy (non-hydrogen) atoms. The SMILES string of the molecule is CCc1cccc(S(=O)(=O)NC2=CCCC=C2)c1.[HH]. The van der Waals surface area contributed by atoms with Crippen molar-refractivity contribution in [2.45, 2.75) is 31.1 Å². The van der Waals surface area contributed by atoms with Crippen LogP contribution in [0.5, 0.6) is 0 Å². The molecular formula is C14H19NO2S. The first-order valence-corrected chi connectivity index (χ1v) is 7.58. The van der Waals surface area contributed by atoms with Crippen molar-refractivity contribution < 1.29 is 9.84 Å². The van der Waals surface area contributed by atoms with Crippen LogP contribution in [0.3, 0.4) is 0 Å². The lowest BCUT2D eigenvalue weighted by molar-refractivity contribution is 0.589. The molecule has 1 aromatic carbocycles. The molecule has 0 radical (unpaired) electrons. The summed E-state index contributed by atoms with van der Waals surface area (Å²) < 4.78 is 27.0. The summed E-state index contributed by atoms with van der Waals surface area (Å²) in [5.41, 5.74) is 1.68. The Morgan fingerprint density at radius 1 is 1.33 bits per heavy atom. The van der Waals surface area contributed by atoms with Crippen LogP contribution < -0.4 is 4.72 Å². The lowest BCUT2D eigenvalue weighted by atomic mass is 10.2. The van der Waals surface area contributed by atoms with Gasteiger partial charge in [0.2, 0.25) is 0 Å². The number of benzene rings is 1. The van der Waals surface area contributed by atoms with Gasteiger partial charge in [-0.25, -0.2) is 8.42 Å². The minimum absolute atomic E-state index is 0. The number of aryl methyl sites for hydroxylation is 1. The summed E-state index contributed by atoms with van der Waals surface area (Å²) in [6.45, 7) is 2.01. The Kier molecular flexibility index (Phi) is 3.87. The molecule has 1 N–H and O–H groups in total. The summed E-state index contributed by atoms with van der Waals surface area (Å²) in [4.78, 5) is 0.321. The summed E-state index contributed by atoms with van der Waals surface area (Å²) >= 11 is 0. The van der Waals surface area contributed by atoms with E-state index in [4.69, 9.17) is 0 Å². The van der Waals surface area contributed by atoms with Crippen molar-refractivity contribution in [2.24, 2.45) is 0 Å². The number of allylic oxidation sites excluding steroid dienone is 3. The molecule has 0 amide bonds. The van der Waals surface area contributed by atoms with Crippen molar-refractivity contribution in [1.82, 2.24) is 4.72 Å². The third kappa shape index (κ3) is 3.01. The first kappa shape index (κ1) is 12.9. The van der Waals surface area contributed by atoms with Crippen LogP contribution in [0, 0.1) is 0 Å². The zero-order valence-electron chi connectivity index (χ0n) is 10.4. The maximum Gasteiger partial charge on any atom is 0.261 e.